The predicted octanol–water partition coefficient (Wildman–Crippen LogP) is 6.38. The Labute approximate surface area is 195 Å². The van der Waals surface area contributed by atoms with E-state index in [0.717, 1.165) is 11.1 Å². The van der Waals surface area contributed by atoms with Gasteiger partial charge in [0.25, 0.3) is 5.91 Å². The van der Waals surface area contributed by atoms with Gasteiger partial charge in [-0.05, 0) is 69.3 Å². The zero-order valence-corrected chi connectivity index (χ0v) is 19.2. The molecule has 4 aromatic rings. The van der Waals surface area contributed by atoms with E-state index in [4.69, 9.17) is 16.3 Å². The van der Waals surface area contributed by atoms with Gasteiger partial charge in [-0.15, -0.1) is 11.3 Å². The molecule has 0 aliphatic rings. The summed E-state index contributed by atoms with van der Waals surface area (Å²) in [6.45, 7) is 0.838. The lowest BCUT2D eigenvalue weighted by atomic mass is 10.2. The van der Waals surface area contributed by atoms with Gasteiger partial charge in [0, 0.05) is 16.8 Å². The zero-order chi connectivity index (χ0) is 21.8. The van der Waals surface area contributed by atoms with Crippen molar-refractivity contribution in [1.82, 2.24) is 9.78 Å². The number of benzene rings is 2. The number of rotatable bonds is 7. The van der Waals surface area contributed by atoms with Crippen molar-refractivity contribution in [3.8, 4) is 5.75 Å². The second-order valence-electron chi connectivity index (χ2n) is 6.67. The molecule has 0 spiro atoms. The third-order valence-corrected chi connectivity index (χ3v) is 6.11. The van der Waals surface area contributed by atoms with Crippen molar-refractivity contribution in [3.63, 3.8) is 0 Å². The van der Waals surface area contributed by atoms with E-state index in [9.17, 15) is 9.18 Å². The van der Waals surface area contributed by atoms with Crippen LogP contribution < -0.4 is 10.1 Å². The highest BCUT2D eigenvalue weighted by Gasteiger charge is 2.14. The molecular weight excluding hydrogens is 505 g/mol. The molecule has 31 heavy (non-hydrogen) atoms. The lowest BCUT2D eigenvalue weighted by Gasteiger charge is -2.04. The predicted molar refractivity (Wildman–Crippen MR) is 123 cm³/mol. The summed E-state index contributed by atoms with van der Waals surface area (Å²) in [6, 6.07) is 15.1. The van der Waals surface area contributed by atoms with Crippen LogP contribution in [0.4, 0.5) is 10.2 Å². The molecule has 2 aromatic heterocycles. The Morgan fingerprint density at radius 2 is 1.90 bits per heavy atom. The Bertz CT molecular complexity index is 1190. The number of carbonyl (C=O) groups excluding carboxylic acids is 1. The van der Waals surface area contributed by atoms with Crippen LogP contribution in [0.3, 0.4) is 0 Å². The van der Waals surface area contributed by atoms with Gasteiger partial charge in [-0.2, -0.15) is 5.10 Å². The summed E-state index contributed by atoms with van der Waals surface area (Å²) in [4.78, 5) is 13.2. The van der Waals surface area contributed by atoms with E-state index in [2.05, 4.69) is 26.3 Å². The van der Waals surface area contributed by atoms with Crippen LogP contribution in [-0.4, -0.2) is 15.7 Å². The highest BCUT2D eigenvalue weighted by atomic mass is 79.9. The zero-order valence-electron chi connectivity index (χ0n) is 16.0. The second kappa shape index (κ2) is 9.64. The molecule has 158 valence electrons. The SMILES string of the molecule is O=C(Nc1nn(Cc2ccc(Cl)cc2)cc1Br)c1cc(COc2ccc(F)cc2)cs1. The number of amides is 1. The van der Waals surface area contributed by atoms with Crippen LogP contribution in [0.15, 0.2) is 70.6 Å². The number of aromatic nitrogens is 2. The third-order valence-electron chi connectivity index (χ3n) is 4.30. The molecular formula is C22H16BrClFN3O2S. The summed E-state index contributed by atoms with van der Waals surface area (Å²) in [7, 11) is 0. The van der Waals surface area contributed by atoms with E-state index < -0.39 is 0 Å². The lowest BCUT2D eigenvalue weighted by Crippen LogP contribution is -2.11. The fraction of sp³-hybridized carbons (Fsp3) is 0.0909. The van der Waals surface area contributed by atoms with Crippen LogP contribution in [-0.2, 0) is 13.2 Å². The van der Waals surface area contributed by atoms with Crippen LogP contribution in [0.25, 0.3) is 0 Å². The molecule has 2 heterocycles. The normalized spacial score (nSPS) is 10.8. The topological polar surface area (TPSA) is 56.2 Å². The van der Waals surface area contributed by atoms with Crippen LogP contribution in [0.1, 0.15) is 20.8 Å². The van der Waals surface area contributed by atoms with Gasteiger partial charge in [-0.25, -0.2) is 4.39 Å². The van der Waals surface area contributed by atoms with Gasteiger partial charge >= 0.3 is 0 Å². The Kier molecular flexibility index (Phi) is 6.70. The Morgan fingerprint density at radius 1 is 1.16 bits per heavy atom. The van der Waals surface area contributed by atoms with Crippen molar-refractivity contribution in [2.45, 2.75) is 13.2 Å². The van der Waals surface area contributed by atoms with E-state index in [-0.39, 0.29) is 18.3 Å². The van der Waals surface area contributed by atoms with E-state index in [0.29, 0.717) is 32.5 Å². The van der Waals surface area contributed by atoms with Crippen molar-refractivity contribution in [1.29, 1.82) is 0 Å². The molecule has 5 nitrogen and oxygen atoms in total. The first kappa shape index (κ1) is 21.5. The number of thiophene rings is 1. The van der Waals surface area contributed by atoms with Gasteiger partial charge in [0.05, 0.1) is 15.9 Å². The average Bonchev–Trinajstić information content (AvgIpc) is 3.36. The van der Waals surface area contributed by atoms with E-state index in [1.807, 2.05) is 29.6 Å². The van der Waals surface area contributed by atoms with E-state index >= 15 is 0 Å². The monoisotopic (exact) mass is 519 g/mol. The van der Waals surface area contributed by atoms with Gasteiger partial charge < -0.3 is 10.1 Å². The Morgan fingerprint density at radius 3 is 2.65 bits per heavy atom. The first-order valence-electron chi connectivity index (χ1n) is 9.21. The summed E-state index contributed by atoms with van der Waals surface area (Å²) in [5, 5.41) is 9.79. The van der Waals surface area contributed by atoms with Crippen LogP contribution in [0.2, 0.25) is 5.02 Å². The molecule has 0 unspecified atom stereocenters. The number of hydrogen-bond acceptors (Lipinski definition) is 4. The number of nitrogens with one attached hydrogen (secondary N) is 1. The molecule has 0 radical (unpaired) electrons. The summed E-state index contributed by atoms with van der Waals surface area (Å²) in [5.74, 6) is 0.435. The smallest absolute Gasteiger partial charge is 0.266 e. The lowest BCUT2D eigenvalue weighted by molar-refractivity contribution is 0.103. The third kappa shape index (κ3) is 5.72. The van der Waals surface area contributed by atoms with Gasteiger partial charge in [-0.1, -0.05) is 23.7 Å². The van der Waals surface area contributed by atoms with Crippen molar-refractivity contribution in [2.75, 3.05) is 5.32 Å². The maximum atomic E-state index is 13.0. The van der Waals surface area contributed by atoms with Crippen molar-refractivity contribution < 1.29 is 13.9 Å². The van der Waals surface area contributed by atoms with Gasteiger partial charge in [-0.3, -0.25) is 9.48 Å². The highest BCUT2D eigenvalue weighted by Crippen LogP contribution is 2.24. The summed E-state index contributed by atoms with van der Waals surface area (Å²) in [5.41, 5.74) is 1.90. The molecule has 2 aromatic carbocycles. The van der Waals surface area contributed by atoms with Crippen LogP contribution >= 0.6 is 38.9 Å². The van der Waals surface area contributed by atoms with Crippen molar-refractivity contribution >= 4 is 50.6 Å². The maximum Gasteiger partial charge on any atom is 0.266 e. The summed E-state index contributed by atoms with van der Waals surface area (Å²) < 4.78 is 21.0. The van der Waals surface area contributed by atoms with E-state index in [1.54, 1.807) is 29.1 Å². The molecule has 0 aliphatic carbocycles. The fourth-order valence-electron chi connectivity index (χ4n) is 2.78. The summed E-state index contributed by atoms with van der Waals surface area (Å²) >= 11 is 10.7. The molecule has 0 aliphatic heterocycles. The number of hydrogen-bond donors (Lipinski definition) is 1. The minimum atomic E-state index is -0.316. The molecule has 0 fully saturated rings. The number of carbonyl (C=O) groups is 1. The first-order valence-corrected chi connectivity index (χ1v) is 11.3. The molecule has 1 amide bonds. The van der Waals surface area contributed by atoms with Gasteiger partial charge in [0.15, 0.2) is 5.82 Å². The van der Waals surface area contributed by atoms with Gasteiger partial charge in [0.2, 0.25) is 0 Å². The molecule has 4 rings (SSSR count). The number of anilines is 1. The first-order chi connectivity index (χ1) is 15.0. The van der Waals surface area contributed by atoms with Crippen molar-refractivity contribution in [3.05, 3.63) is 97.5 Å². The molecule has 0 saturated carbocycles. The summed E-state index contributed by atoms with van der Waals surface area (Å²) in [6.07, 6.45) is 1.81. The Hall–Kier alpha value is -2.68. The second-order valence-corrected chi connectivity index (χ2v) is 8.87. The van der Waals surface area contributed by atoms with Gasteiger partial charge in [0.1, 0.15) is 18.2 Å². The Balaban J connectivity index is 1.36. The molecule has 0 atom stereocenters. The quantitative estimate of drug-likeness (QED) is 0.308. The standard InChI is InChI=1S/C22H16BrClFN3O2S/c23-19-11-28(10-14-1-3-16(24)4-2-14)27-21(19)26-22(29)20-9-15(13-31-20)12-30-18-7-5-17(25)6-8-18/h1-9,11,13H,10,12H2,(H,26,27,29). The number of nitrogens with zero attached hydrogens (tertiary/aromatic N) is 2. The maximum absolute atomic E-state index is 13.0. The molecule has 0 saturated heterocycles. The average molecular weight is 521 g/mol. The largest absolute Gasteiger partial charge is 0.489 e. The molecule has 0 bridgehead atoms. The van der Waals surface area contributed by atoms with Crippen LogP contribution in [0.5, 0.6) is 5.75 Å². The minimum absolute atomic E-state index is 0.254. The number of ether oxygens (including phenoxy) is 1. The fourth-order valence-corrected chi connectivity index (χ4v) is 4.11. The van der Waals surface area contributed by atoms with Crippen LogP contribution in [0, 0.1) is 5.82 Å². The molecule has 1 N–H and O–H groups in total. The minimum Gasteiger partial charge on any atom is -0.489 e. The molecule has 9 heteroatoms. The van der Waals surface area contributed by atoms with Crippen molar-refractivity contribution in [2.24, 2.45) is 0 Å². The van der Waals surface area contributed by atoms with E-state index in [1.165, 1.54) is 23.5 Å². The number of halogens is 3. The highest BCUT2D eigenvalue weighted by molar-refractivity contribution is 9.10.